The lowest BCUT2D eigenvalue weighted by atomic mass is 10.1. The molecule has 5 heteroatoms. The van der Waals surface area contributed by atoms with Crippen molar-refractivity contribution < 1.29 is 9.50 Å². The maximum Gasteiger partial charge on any atom is 0.160 e. The lowest BCUT2D eigenvalue weighted by Gasteiger charge is -2.18. The van der Waals surface area contributed by atoms with Crippen LogP contribution in [0.3, 0.4) is 0 Å². The van der Waals surface area contributed by atoms with Gasteiger partial charge in [0.05, 0.1) is 15.6 Å². The van der Waals surface area contributed by atoms with E-state index in [2.05, 4.69) is 5.32 Å². The topological polar surface area (TPSA) is 32.3 Å². The van der Waals surface area contributed by atoms with Gasteiger partial charge in [-0.05, 0) is 26.0 Å². The summed E-state index contributed by atoms with van der Waals surface area (Å²) in [6.07, 6.45) is 0. The van der Waals surface area contributed by atoms with Gasteiger partial charge in [0, 0.05) is 12.2 Å². The first-order valence-corrected chi connectivity index (χ1v) is 5.16. The van der Waals surface area contributed by atoms with Gasteiger partial charge in [0.1, 0.15) is 0 Å². The summed E-state index contributed by atoms with van der Waals surface area (Å²) in [6.45, 7) is 3.64. The molecule has 84 valence electrons. The van der Waals surface area contributed by atoms with Crippen molar-refractivity contribution in [1.82, 2.24) is 0 Å². The molecule has 0 aliphatic rings. The summed E-state index contributed by atoms with van der Waals surface area (Å²) in [7, 11) is 0. The van der Waals surface area contributed by atoms with E-state index in [1.165, 1.54) is 12.1 Å². The molecule has 1 rings (SSSR count). The number of nitrogens with one attached hydrogen (secondary N) is 1. The van der Waals surface area contributed by atoms with Crippen LogP contribution in [0.1, 0.15) is 13.8 Å². The summed E-state index contributed by atoms with van der Waals surface area (Å²) >= 11 is 11.2. The molecule has 0 amide bonds. The number of hydrogen-bond donors (Lipinski definition) is 2. The molecule has 0 heterocycles. The molecule has 2 nitrogen and oxygen atoms in total. The summed E-state index contributed by atoms with van der Waals surface area (Å²) in [5.41, 5.74) is -0.276. The molecule has 0 aromatic heterocycles. The first-order valence-electron chi connectivity index (χ1n) is 4.40. The fourth-order valence-electron chi connectivity index (χ4n) is 0.976. The molecular formula is C10H12Cl2FNO. The Morgan fingerprint density at radius 1 is 1.33 bits per heavy atom. The van der Waals surface area contributed by atoms with E-state index in [1.807, 2.05) is 0 Å². The van der Waals surface area contributed by atoms with Crippen molar-refractivity contribution in [3.8, 4) is 0 Å². The van der Waals surface area contributed by atoms with Crippen LogP contribution in [-0.4, -0.2) is 17.3 Å². The number of benzene rings is 1. The number of rotatable bonds is 3. The van der Waals surface area contributed by atoms with Crippen LogP contribution in [0, 0.1) is 5.82 Å². The quantitative estimate of drug-likeness (QED) is 0.809. The Balaban J connectivity index is 2.80. The second-order valence-electron chi connectivity index (χ2n) is 3.92. The SMILES string of the molecule is CC(C)(O)CNc1cc(Cl)c(F)c(Cl)c1. The van der Waals surface area contributed by atoms with Crippen molar-refractivity contribution in [3.63, 3.8) is 0 Å². The monoisotopic (exact) mass is 251 g/mol. The maximum atomic E-state index is 13.0. The van der Waals surface area contributed by atoms with E-state index in [4.69, 9.17) is 23.2 Å². The molecular weight excluding hydrogens is 240 g/mol. The van der Waals surface area contributed by atoms with Crippen LogP contribution in [0.2, 0.25) is 10.0 Å². The van der Waals surface area contributed by atoms with E-state index < -0.39 is 11.4 Å². The second-order valence-corrected chi connectivity index (χ2v) is 4.73. The van der Waals surface area contributed by atoms with Crippen molar-refractivity contribution in [2.24, 2.45) is 0 Å². The molecule has 15 heavy (non-hydrogen) atoms. The summed E-state index contributed by atoms with van der Waals surface area (Å²) in [6, 6.07) is 2.85. The molecule has 0 unspecified atom stereocenters. The Morgan fingerprint density at radius 2 is 1.80 bits per heavy atom. The zero-order valence-electron chi connectivity index (χ0n) is 8.44. The van der Waals surface area contributed by atoms with Gasteiger partial charge in [-0.25, -0.2) is 4.39 Å². The van der Waals surface area contributed by atoms with Crippen LogP contribution in [0.25, 0.3) is 0 Å². The summed E-state index contributed by atoms with van der Waals surface area (Å²) < 4.78 is 13.0. The Hall–Kier alpha value is -0.510. The fraction of sp³-hybridized carbons (Fsp3) is 0.400. The van der Waals surface area contributed by atoms with E-state index in [0.29, 0.717) is 12.2 Å². The van der Waals surface area contributed by atoms with Crippen molar-refractivity contribution in [3.05, 3.63) is 28.0 Å². The van der Waals surface area contributed by atoms with Crippen LogP contribution in [0.5, 0.6) is 0 Å². The highest BCUT2D eigenvalue weighted by atomic mass is 35.5. The molecule has 0 saturated carbocycles. The molecule has 0 spiro atoms. The predicted molar refractivity (Wildman–Crippen MR) is 61.2 cm³/mol. The molecule has 0 bridgehead atoms. The first kappa shape index (κ1) is 12.6. The Kier molecular flexibility index (Phi) is 3.82. The van der Waals surface area contributed by atoms with Crippen LogP contribution in [-0.2, 0) is 0 Å². The van der Waals surface area contributed by atoms with Gasteiger partial charge in [0.15, 0.2) is 5.82 Å². The Morgan fingerprint density at radius 3 is 2.20 bits per heavy atom. The zero-order valence-corrected chi connectivity index (χ0v) is 9.95. The van der Waals surface area contributed by atoms with Gasteiger partial charge in [0.2, 0.25) is 0 Å². The highest BCUT2D eigenvalue weighted by Crippen LogP contribution is 2.27. The molecule has 0 aliphatic heterocycles. The highest BCUT2D eigenvalue weighted by Gasteiger charge is 2.13. The minimum atomic E-state index is -0.854. The molecule has 0 fully saturated rings. The van der Waals surface area contributed by atoms with E-state index in [1.54, 1.807) is 13.8 Å². The standard InChI is InChI=1S/C10H12Cl2FNO/c1-10(2,15)5-14-6-3-7(11)9(13)8(12)4-6/h3-4,14-15H,5H2,1-2H3. The van der Waals surface area contributed by atoms with Crippen molar-refractivity contribution in [2.75, 3.05) is 11.9 Å². The molecule has 0 radical (unpaired) electrons. The lowest BCUT2D eigenvalue weighted by molar-refractivity contribution is 0.0945. The summed E-state index contributed by atoms with van der Waals surface area (Å²) in [4.78, 5) is 0. The molecule has 0 atom stereocenters. The van der Waals surface area contributed by atoms with Gasteiger partial charge in [-0.15, -0.1) is 0 Å². The van der Waals surface area contributed by atoms with Gasteiger partial charge in [0.25, 0.3) is 0 Å². The minimum Gasteiger partial charge on any atom is -0.389 e. The van der Waals surface area contributed by atoms with Gasteiger partial charge in [-0.3, -0.25) is 0 Å². The van der Waals surface area contributed by atoms with Crippen molar-refractivity contribution in [2.45, 2.75) is 19.4 Å². The highest BCUT2D eigenvalue weighted by molar-refractivity contribution is 6.35. The summed E-state index contributed by atoms with van der Waals surface area (Å²) in [5, 5.41) is 12.3. The lowest BCUT2D eigenvalue weighted by Crippen LogP contribution is -2.29. The molecule has 2 N–H and O–H groups in total. The minimum absolute atomic E-state index is 0.0410. The largest absolute Gasteiger partial charge is 0.389 e. The van der Waals surface area contributed by atoms with Gasteiger partial charge in [-0.2, -0.15) is 0 Å². The second kappa shape index (κ2) is 4.56. The average molecular weight is 252 g/mol. The third kappa shape index (κ3) is 3.86. The number of hydrogen-bond acceptors (Lipinski definition) is 2. The van der Waals surface area contributed by atoms with Gasteiger partial charge >= 0.3 is 0 Å². The summed E-state index contributed by atoms with van der Waals surface area (Å²) in [5.74, 6) is -0.632. The Bertz CT molecular complexity index is 340. The van der Waals surface area contributed by atoms with E-state index >= 15 is 0 Å². The molecule has 0 saturated heterocycles. The van der Waals surface area contributed by atoms with E-state index in [9.17, 15) is 9.50 Å². The molecule has 1 aromatic carbocycles. The smallest absolute Gasteiger partial charge is 0.160 e. The van der Waals surface area contributed by atoms with E-state index in [-0.39, 0.29) is 10.0 Å². The van der Waals surface area contributed by atoms with Gasteiger partial charge in [-0.1, -0.05) is 23.2 Å². The number of anilines is 1. The average Bonchev–Trinajstić information content (AvgIpc) is 2.09. The number of aliphatic hydroxyl groups is 1. The van der Waals surface area contributed by atoms with E-state index in [0.717, 1.165) is 0 Å². The van der Waals surface area contributed by atoms with Crippen molar-refractivity contribution in [1.29, 1.82) is 0 Å². The van der Waals surface area contributed by atoms with Crippen LogP contribution in [0.15, 0.2) is 12.1 Å². The fourth-order valence-corrected chi connectivity index (χ4v) is 1.46. The third-order valence-corrected chi connectivity index (χ3v) is 2.26. The Labute approximate surface area is 98.0 Å². The number of halogens is 3. The molecule has 0 aliphatic carbocycles. The van der Waals surface area contributed by atoms with Crippen LogP contribution < -0.4 is 5.32 Å². The normalized spacial score (nSPS) is 11.6. The third-order valence-electron chi connectivity index (χ3n) is 1.71. The van der Waals surface area contributed by atoms with Crippen molar-refractivity contribution >= 4 is 28.9 Å². The van der Waals surface area contributed by atoms with Crippen LogP contribution >= 0.6 is 23.2 Å². The predicted octanol–water partition coefficient (Wildman–Crippen LogP) is 3.32. The zero-order chi connectivity index (χ0) is 11.6. The first-order chi connectivity index (χ1) is 6.79. The molecule has 1 aromatic rings. The van der Waals surface area contributed by atoms with Crippen LogP contribution in [0.4, 0.5) is 10.1 Å². The maximum absolute atomic E-state index is 13.0. The van der Waals surface area contributed by atoms with Gasteiger partial charge < -0.3 is 10.4 Å².